The van der Waals surface area contributed by atoms with Crippen LogP contribution in [0.3, 0.4) is 0 Å². The van der Waals surface area contributed by atoms with E-state index in [0.29, 0.717) is 18.4 Å². The second kappa shape index (κ2) is 6.96. The van der Waals surface area contributed by atoms with E-state index in [2.05, 4.69) is 29.1 Å². The lowest BCUT2D eigenvalue weighted by molar-refractivity contribution is -0.165. The summed E-state index contributed by atoms with van der Waals surface area (Å²) in [5.74, 6) is 0.433. The van der Waals surface area contributed by atoms with Crippen molar-refractivity contribution in [3.63, 3.8) is 0 Å². The van der Waals surface area contributed by atoms with Gasteiger partial charge < -0.3 is 15.0 Å². The Hall–Kier alpha value is -2.18. The highest BCUT2D eigenvalue weighted by molar-refractivity contribution is 5.91. The van der Waals surface area contributed by atoms with Gasteiger partial charge in [0.05, 0.1) is 0 Å². The van der Waals surface area contributed by atoms with Crippen molar-refractivity contribution >= 4 is 17.8 Å². The molecule has 1 amide bonds. The minimum absolute atomic E-state index is 0.0472. The second-order valence-electron chi connectivity index (χ2n) is 10.9. The molecule has 29 heavy (non-hydrogen) atoms. The summed E-state index contributed by atoms with van der Waals surface area (Å²) in [6.45, 7) is 16.5. The molecule has 0 spiro atoms. The van der Waals surface area contributed by atoms with E-state index in [1.807, 2.05) is 41.5 Å². The smallest absolute Gasteiger partial charge is 0.329 e. The van der Waals surface area contributed by atoms with Crippen LogP contribution in [0, 0.1) is 22.7 Å². The molecule has 0 aromatic carbocycles. The van der Waals surface area contributed by atoms with Crippen LogP contribution in [0.15, 0.2) is 18.5 Å². The first-order valence-corrected chi connectivity index (χ1v) is 10.3. The SMILES string of the molecule is CC(C)(C)OC(=O)[C@@H]1[C@@H]2[C@H](CN1C(=O)[C@@H](Nc1ncccn1)C(C)(C)C)C2(C)C. The van der Waals surface area contributed by atoms with Crippen LogP contribution in [0.25, 0.3) is 0 Å². The summed E-state index contributed by atoms with van der Waals surface area (Å²) in [7, 11) is 0. The summed E-state index contributed by atoms with van der Waals surface area (Å²) in [5, 5.41) is 3.19. The number of amides is 1. The summed E-state index contributed by atoms with van der Waals surface area (Å²) >= 11 is 0. The third-order valence-electron chi connectivity index (χ3n) is 6.09. The molecule has 2 heterocycles. The number of rotatable bonds is 4. The van der Waals surface area contributed by atoms with Gasteiger partial charge in [0.25, 0.3) is 0 Å². The van der Waals surface area contributed by atoms with Gasteiger partial charge in [-0.1, -0.05) is 34.6 Å². The Balaban J connectivity index is 1.87. The van der Waals surface area contributed by atoms with Gasteiger partial charge in [-0.25, -0.2) is 14.8 Å². The van der Waals surface area contributed by atoms with Gasteiger partial charge >= 0.3 is 5.97 Å². The molecular formula is C22H34N4O3. The molecule has 7 heteroatoms. The molecule has 7 nitrogen and oxygen atoms in total. The summed E-state index contributed by atoms with van der Waals surface area (Å²) in [4.78, 5) is 36.9. The van der Waals surface area contributed by atoms with Gasteiger partial charge in [0.15, 0.2) is 0 Å². The third-order valence-corrected chi connectivity index (χ3v) is 6.09. The second-order valence-corrected chi connectivity index (χ2v) is 10.9. The van der Waals surface area contributed by atoms with E-state index in [0.717, 1.165) is 0 Å². The maximum absolute atomic E-state index is 13.7. The van der Waals surface area contributed by atoms with E-state index in [1.54, 1.807) is 23.4 Å². The van der Waals surface area contributed by atoms with Crippen molar-refractivity contribution in [3.05, 3.63) is 18.5 Å². The number of fused-ring (bicyclic) bond motifs is 1. The fourth-order valence-electron chi connectivity index (χ4n) is 4.46. The van der Waals surface area contributed by atoms with Crippen molar-refractivity contribution in [1.82, 2.24) is 14.9 Å². The fourth-order valence-corrected chi connectivity index (χ4v) is 4.46. The molecule has 1 saturated carbocycles. The fraction of sp³-hybridized carbons (Fsp3) is 0.727. The predicted molar refractivity (Wildman–Crippen MR) is 111 cm³/mol. The van der Waals surface area contributed by atoms with E-state index in [4.69, 9.17) is 4.74 Å². The molecule has 1 N–H and O–H groups in total. The predicted octanol–water partition coefficient (Wildman–Crippen LogP) is 3.13. The number of nitrogens with one attached hydrogen (secondary N) is 1. The van der Waals surface area contributed by atoms with Crippen molar-refractivity contribution in [2.24, 2.45) is 22.7 Å². The van der Waals surface area contributed by atoms with Crippen molar-refractivity contribution in [3.8, 4) is 0 Å². The number of hydrogen-bond acceptors (Lipinski definition) is 6. The quantitative estimate of drug-likeness (QED) is 0.779. The lowest BCUT2D eigenvalue weighted by Crippen LogP contribution is -2.55. The minimum atomic E-state index is -0.595. The van der Waals surface area contributed by atoms with Gasteiger partial charge in [0, 0.05) is 24.9 Å². The van der Waals surface area contributed by atoms with Crippen LogP contribution in [0.2, 0.25) is 0 Å². The molecule has 160 valence electrons. The minimum Gasteiger partial charge on any atom is -0.458 e. The molecule has 1 aliphatic heterocycles. The van der Waals surface area contributed by atoms with Crippen molar-refractivity contribution < 1.29 is 14.3 Å². The van der Waals surface area contributed by atoms with E-state index >= 15 is 0 Å². The Labute approximate surface area is 173 Å². The zero-order valence-corrected chi connectivity index (χ0v) is 18.8. The number of anilines is 1. The lowest BCUT2D eigenvalue weighted by Gasteiger charge is -2.38. The normalized spacial score (nSPS) is 26.5. The Morgan fingerprint density at radius 2 is 1.76 bits per heavy atom. The van der Waals surface area contributed by atoms with Crippen molar-refractivity contribution in [1.29, 1.82) is 0 Å². The zero-order valence-electron chi connectivity index (χ0n) is 18.8. The Bertz CT molecular complexity index is 779. The number of carbonyl (C=O) groups excluding carboxylic acids is 2. The van der Waals surface area contributed by atoms with Crippen LogP contribution in [0.1, 0.15) is 55.4 Å². The van der Waals surface area contributed by atoms with Crippen LogP contribution in [-0.4, -0.2) is 51.0 Å². The van der Waals surface area contributed by atoms with Crippen LogP contribution >= 0.6 is 0 Å². The maximum Gasteiger partial charge on any atom is 0.329 e. The van der Waals surface area contributed by atoms with Crippen LogP contribution < -0.4 is 5.32 Å². The van der Waals surface area contributed by atoms with Gasteiger partial charge in [0.1, 0.15) is 17.7 Å². The Morgan fingerprint density at radius 1 is 1.17 bits per heavy atom. The third kappa shape index (κ3) is 4.23. The number of carbonyl (C=O) groups is 2. The number of aromatic nitrogens is 2. The first kappa shape index (κ1) is 21.5. The summed E-state index contributed by atoms with van der Waals surface area (Å²) < 4.78 is 5.70. The topological polar surface area (TPSA) is 84.4 Å². The van der Waals surface area contributed by atoms with E-state index in [1.165, 1.54) is 0 Å². The number of esters is 1. The number of nitrogens with zero attached hydrogens (tertiary/aromatic N) is 3. The highest BCUT2D eigenvalue weighted by atomic mass is 16.6. The van der Waals surface area contributed by atoms with Crippen molar-refractivity contribution in [2.75, 3.05) is 11.9 Å². The number of piperidine rings is 1. The van der Waals surface area contributed by atoms with Crippen LogP contribution in [0.5, 0.6) is 0 Å². The Morgan fingerprint density at radius 3 is 2.28 bits per heavy atom. The molecule has 3 rings (SSSR count). The van der Waals surface area contributed by atoms with E-state index in [-0.39, 0.29) is 23.2 Å². The zero-order chi connectivity index (χ0) is 21.8. The molecule has 1 aromatic heterocycles. The molecule has 0 radical (unpaired) electrons. The molecule has 1 aliphatic carbocycles. The van der Waals surface area contributed by atoms with Crippen molar-refractivity contribution in [2.45, 2.75) is 73.1 Å². The summed E-state index contributed by atoms with van der Waals surface area (Å²) in [6, 6.07) is 0.619. The highest BCUT2D eigenvalue weighted by Crippen LogP contribution is 2.65. The molecule has 2 fully saturated rings. The first-order chi connectivity index (χ1) is 13.2. The largest absolute Gasteiger partial charge is 0.458 e. The average Bonchev–Trinajstić information content (AvgIpc) is 2.93. The Kier molecular flexibility index (Phi) is 5.16. The molecule has 1 saturated heterocycles. The number of ether oxygens (including phenoxy) is 1. The van der Waals surface area contributed by atoms with Gasteiger partial charge in [-0.2, -0.15) is 0 Å². The highest BCUT2D eigenvalue weighted by Gasteiger charge is 2.70. The molecule has 1 aromatic rings. The number of hydrogen-bond donors (Lipinski definition) is 1. The molecular weight excluding hydrogens is 368 g/mol. The molecule has 4 atom stereocenters. The molecule has 2 aliphatic rings. The molecule has 0 unspecified atom stereocenters. The van der Waals surface area contributed by atoms with Gasteiger partial charge in [-0.15, -0.1) is 0 Å². The van der Waals surface area contributed by atoms with Crippen LogP contribution in [0.4, 0.5) is 5.95 Å². The van der Waals surface area contributed by atoms with Gasteiger partial charge in [-0.3, -0.25) is 4.79 Å². The first-order valence-electron chi connectivity index (χ1n) is 10.3. The standard InChI is InChI=1S/C22H34N4O3/c1-20(2,3)16(25-19-23-10-9-11-24-19)17(27)26-12-13-14(22(13,7)8)15(26)18(28)29-21(4,5)6/h9-11,13-16H,12H2,1-8H3,(H,23,24,25)/t13-,14-,15-,16+/m0/s1. The maximum atomic E-state index is 13.7. The number of likely N-dealkylation sites (tertiary alicyclic amines) is 1. The summed E-state index contributed by atoms with van der Waals surface area (Å²) in [5.41, 5.74) is -0.939. The van der Waals surface area contributed by atoms with Gasteiger partial charge in [0.2, 0.25) is 11.9 Å². The monoisotopic (exact) mass is 402 g/mol. The summed E-state index contributed by atoms with van der Waals surface area (Å²) in [6.07, 6.45) is 3.27. The molecule has 0 bridgehead atoms. The average molecular weight is 403 g/mol. The van der Waals surface area contributed by atoms with Gasteiger partial charge in [-0.05, 0) is 43.6 Å². The van der Waals surface area contributed by atoms with E-state index in [9.17, 15) is 9.59 Å². The lowest BCUT2D eigenvalue weighted by atomic mass is 9.85. The van der Waals surface area contributed by atoms with E-state index < -0.39 is 23.1 Å². The van der Waals surface area contributed by atoms with Crippen LogP contribution in [-0.2, 0) is 14.3 Å².